The Bertz CT molecular complexity index is 1290. The molecule has 2 saturated carbocycles. The van der Waals surface area contributed by atoms with Gasteiger partial charge in [-0.2, -0.15) is 0 Å². The number of hydrogen-bond donors (Lipinski definition) is 0. The number of carbonyl (C=O) groups excluding carboxylic acids is 2. The lowest BCUT2D eigenvalue weighted by molar-refractivity contribution is -0.384. The van der Waals surface area contributed by atoms with Gasteiger partial charge in [-0.25, -0.2) is 0 Å². The molecular weight excluding hydrogens is 568 g/mol. The van der Waals surface area contributed by atoms with Crippen LogP contribution in [0, 0.1) is 16.0 Å². The van der Waals surface area contributed by atoms with Crippen LogP contribution >= 0.6 is 0 Å². The van der Waals surface area contributed by atoms with Crippen LogP contribution in [0.5, 0.6) is 5.75 Å². The number of rotatable bonds is 12. The summed E-state index contributed by atoms with van der Waals surface area (Å²) in [7, 11) is 0. The summed E-state index contributed by atoms with van der Waals surface area (Å²) in [5, 5.41) is 10.9. The van der Waals surface area contributed by atoms with Crippen LogP contribution in [0.2, 0.25) is 0 Å². The maximum atomic E-state index is 13.2. The van der Waals surface area contributed by atoms with Crippen LogP contribution in [0.25, 0.3) is 0 Å². The van der Waals surface area contributed by atoms with Crippen molar-refractivity contribution in [2.45, 2.75) is 88.8 Å². The van der Waals surface area contributed by atoms with E-state index in [4.69, 9.17) is 4.74 Å². The Morgan fingerprint density at radius 2 is 1.64 bits per heavy atom. The molecule has 2 amide bonds. The number of nitro groups is 1. The monoisotopic (exact) mass is 616 g/mol. The van der Waals surface area contributed by atoms with Gasteiger partial charge in [0.05, 0.1) is 4.92 Å². The Balaban J connectivity index is 1.19. The summed E-state index contributed by atoms with van der Waals surface area (Å²) in [6.45, 7) is 8.79. The first-order valence-electron chi connectivity index (χ1n) is 16.7. The molecule has 9 heteroatoms. The van der Waals surface area contributed by atoms with Gasteiger partial charge in [-0.15, -0.1) is 6.58 Å². The van der Waals surface area contributed by atoms with Gasteiger partial charge in [-0.05, 0) is 68.1 Å². The molecule has 3 aliphatic rings. The number of nitrogens with zero attached hydrogens (tertiary/aromatic N) is 4. The zero-order valence-corrected chi connectivity index (χ0v) is 26.6. The van der Waals surface area contributed by atoms with E-state index < -0.39 is 4.92 Å². The van der Waals surface area contributed by atoms with Crippen molar-refractivity contribution in [2.24, 2.45) is 5.92 Å². The highest BCUT2D eigenvalue weighted by Crippen LogP contribution is 2.44. The molecule has 2 unspecified atom stereocenters. The summed E-state index contributed by atoms with van der Waals surface area (Å²) in [4.78, 5) is 43.4. The summed E-state index contributed by atoms with van der Waals surface area (Å²) < 4.78 is 5.69. The molecule has 2 aromatic carbocycles. The first-order chi connectivity index (χ1) is 21.8. The molecule has 0 aromatic heterocycles. The van der Waals surface area contributed by atoms with Crippen LogP contribution in [0.3, 0.4) is 0 Å². The SMILES string of the molecule is C=CCN(C(=O)COc1ccc([N+](=O)[O-])cc1)C1CCN(C[C@H]2CC(N(C(C)=O)C3CCCCC3)CC2c2ccccc2)CC1. The van der Waals surface area contributed by atoms with Gasteiger partial charge < -0.3 is 19.4 Å². The molecule has 0 bridgehead atoms. The highest BCUT2D eigenvalue weighted by Gasteiger charge is 2.42. The number of piperidine rings is 1. The van der Waals surface area contributed by atoms with Gasteiger partial charge in [-0.3, -0.25) is 19.7 Å². The van der Waals surface area contributed by atoms with Crippen LogP contribution in [0.4, 0.5) is 5.69 Å². The van der Waals surface area contributed by atoms with Crippen LogP contribution < -0.4 is 4.74 Å². The average Bonchev–Trinajstić information content (AvgIpc) is 3.46. The predicted octanol–water partition coefficient (Wildman–Crippen LogP) is 6.20. The molecule has 242 valence electrons. The van der Waals surface area contributed by atoms with Crippen LogP contribution in [0.1, 0.15) is 76.2 Å². The number of carbonyl (C=O) groups is 2. The van der Waals surface area contributed by atoms with Crippen molar-refractivity contribution in [1.29, 1.82) is 0 Å². The van der Waals surface area contributed by atoms with E-state index >= 15 is 0 Å². The fourth-order valence-corrected chi connectivity index (χ4v) is 8.04. The number of non-ortho nitro benzene ring substituents is 1. The minimum atomic E-state index is -0.460. The van der Waals surface area contributed by atoms with Crippen molar-refractivity contribution < 1.29 is 19.2 Å². The molecule has 3 atom stereocenters. The largest absolute Gasteiger partial charge is 0.484 e. The van der Waals surface area contributed by atoms with Gasteiger partial charge >= 0.3 is 0 Å². The van der Waals surface area contributed by atoms with Crippen LogP contribution in [-0.2, 0) is 9.59 Å². The Morgan fingerprint density at radius 3 is 2.27 bits per heavy atom. The number of likely N-dealkylation sites (tertiary alicyclic amines) is 1. The fraction of sp³-hybridized carbons (Fsp3) is 0.556. The van der Waals surface area contributed by atoms with E-state index in [1.807, 2.05) is 4.90 Å². The summed E-state index contributed by atoms with van der Waals surface area (Å²) in [6.07, 6.45) is 11.6. The Labute approximate surface area is 267 Å². The van der Waals surface area contributed by atoms with Gasteiger partial charge in [0.1, 0.15) is 5.75 Å². The number of benzene rings is 2. The maximum absolute atomic E-state index is 13.2. The van der Waals surface area contributed by atoms with Crippen molar-refractivity contribution in [3.05, 3.63) is 82.9 Å². The van der Waals surface area contributed by atoms with Crippen molar-refractivity contribution in [2.75, 3.05) is 32.8 Å². The Kier molecular flexibility index (Phi) is 11.3. The lowest BCUT2D eigenvalue weighted by atomic mass is 9.88. The Hall–Kier alpha value is -3.72. The van der Waals surface area contributed by atoms with Gasteiger partial charge in [0, 0.05) is 63.4 Å². The molecular formula is C36H48N4O5. The topological polar surface area (TPSA) is 96.2 Å². The molecule has 1 heterocycles. The lowest BCUT2D eigenvalue weighted by Gasteiger charge is -2.40. The van der Waals surface area contributed by atoms with Crippen molar-refractivity contribution >= 4 is 17.5 Å². The van der Waals surface area contributed by atoms with Crippen LogP contribution in [-0.4, -0.2) is 82.3 Å². The lowest BCUT2D eigenvalue weighted by Crippen LogP contribution is -2.49. The summed E-state index contributed by atoms with van der Waals surface area (Å²) in [6, 6.07) is 17.4. The molecule has 9 nitrogen and oxygen atoms in total. The molecule has 0 radical (unpaired) electrons. The average molecular weight is 617 g/mol. The molecule has 1 aliphatic heterocycles. The quantitative estimate of drug-likeness (QED) is 0.160. The van der Waals surface area contributed by atoms with E-state index in [2.05, 4.69) is 46.7 Å². The molecule has 0 N–H and O–H groups in total. The standard InChI is InChI=1S/C36H48N4O5/c1-3-20-38(36(42)26-45-34-16-14-32(15-17-34)40(43)44)30-18-21-37(22-19-30)25-29-23-33(24-35(29)28-10-6-4-7-11-28)39(27(2)41)31-12-8-5-9-13-31/h3-4,6-7,10-11,14-17,29-31,33,35H,1,5,8-9,12-13,18-26H2,2H3/t29-,33?,35?/m1/s1. The van der Waals surface area contributed by atoms with E-state index in [1.165, 1.54) is 49.1 Å². The highest BCUT2D eigenvalue weighted by molar-refractivity contribution is 5.78. The molecule has 0 spiro atoms. The fourth-order valence-electron chi connectivity index (χ4n) is 8.04. The van der Waals surface area contributed by atoms with Crippen molar-refractivity contribution in [3.8, 4) is 5.75 Å². The van der Waals surface area contributed by atoms with Crippen LogP contribution in [0.15, 0.2) is 67.3 Å². The van der Waals surface area contributed by atoms with E-state index in [-0.39, 0.29) is 36.2 Å². The molecule has 2 aliphatic carbocycles. The molecule has 45 heavy (non-hydrogen) atoms. The first-order valence-corrected chi connectivity index (χ1v) is 16.7. The minimum Gasteiger partial charge on any atom is -0.484 e. The second kappa shape index (κ2) is 15.5. The van der Waals surface area contributed by atoms with Gasteiger partial charge in [0.15, 0.2) is 6.61 Å². The number of ether oxygens (including phenoxy) is 1. The van der Waals surface area contributed by atoms with E-state index in [0.717, 1.165) is 58.2 Å². The van der Waals surface area contributed by atoms with E-state index in [0.29, 0.717) is 30.2 Å². The summed E-state index contributed by atoms with van der Waals surface area (Å²) in [5.41, 5.74) is 1.36. The summed E-state index contributed by atoms with van der Waals surface area (Å²) in [5.74, 6) is 1.44. The highest BCUT2D eigenvalue weighted by atomic mass is 16.6. The van der Waals surface area contributed by atoms with Crippen molar-refractivity contribution in [3.63, 3.8) is 0 Å². The molecule has 2 aromatic rings. The third-order valence-electron chi connectivity index (χ3n) is 10.2. The number of nitro benzene ring substituents is 1. The zero-order chi connectivity index (χ0) is 31.8. The minimum absolute atomic E-state index is 0.0164. The predicted molar refractivity (Wildman–Crippen MR) is 175 cm³/mol. The number of amides is 2. The van der Waals surface area contributed by atoms with E-state index in [1.54, 1.807) is 13.0 Å². The van der Waals surface area contributed by atoms with Gasteiger partial charge in [0.2, 0.25) is 5.91 Å². The van der Waals surface area contributed by atoms with Gasteiger partial charge in [0.25, 0.3) is 11.6 Å². The smallest absolute Gasteiger partial charge is 0.269 e. The molecule has 3 fully saturated rings. The molecule has 1 saturated heterocycles. The zero-order valence-electron chi connectivity index (χ0n) is 26.6. The second-order valence-corrected chi connectivity index (χ2v) is 13.0. The third kappa shape index (κ3) is 8.31. The first kappa shape index (κ1) is 32.7. The Morgan fingerprint density at radius 1 is 0.956 bits per heavy atom. The van der Waals surface area contributed by atoms with E-state index in [9.17, 15) is 19.7 Å². The van der Waals surface area contributed by atoms with Crippen molar-refractivity contribution in [1.82, 2.24) is 14.7 Å². The molecule has 5 rings (SSSR count). The normalized spacial score (nSPS) is 22.9. The maximum Gasteiger partial charge on any atom is 0.269 e. The second-order valence-electron chi connectivity index (χ2n) is 13.0. The number of hydrogen-bond acceptors (Lipinski definition) is 6. The van der Waals surface area contributed by atoms with Gasteiger partial charge in [-0.1, -0.05) is 55.7 Å². The summed E-state index contributed by atoms with van der Waals surface area (Å²) >= 11 is 0. The third-order valence-corrected chi connectivity index (χ3v) is 10.2.